The minimum absolute atomic E-state index is 0.00475. The van der Waals surface area contributed by atoms with Gasteiger partial charge >= 0.3 is 0 Å². The maximum Gasteiger partial charge on any atom is 0.170 e. The molecule has 8 atom stereocenters. The normalized spacial score (nSPS) is 58.8. The zero-order valence-electron chi connectivity index (χ0n) is 15.5. The Morgan fingerprint density at radius 3 is 2.72 bits per heavy atom. The van der Waals surface area contributed by atoms with Crippen LogP contribution in [-0.2, 0) is 9.53 Å². The van der Waals surface area contributed by atoms with Crippen LogP contribution in [0.2, 0.25) is 0 Å². The Morgan fingerprint density at radius 2 is 2.00 bits per heavy atom. The van der Waals surface area contributed by atoms with Crippen LogP contribution in [0.15, 0.2) is 12.2 Å². The zero-order valence-corrected chi connectivity index (χ0v) is 15.5. The summed E-state index contributed by atoms with van der Waals surface area (Å²) in [5.74, 6) is -1.37. The number of rotatable bonds is 0. The van der Waals surface area contributed by atoms with Crippen molar-refractivity contribution in [1.29, 1.82) is 0 Å². The van der Waals surface area contributed by atoms with E-state index in [0.717, 1.165) is 19.3 Å². The second-order valence-corrected chi connectivity index (χ2v) is 10.3. The Hall–Kier alpha value is -0.710. The van der Waals surface area contributed by atoms with Crippen molar-refractivity contribution in [3.63, 3.8) is 0 Å². The summed E-state index contributed by atoms with van der Waals surface area (Å²) >= 11 is 0. The molecule has 0 aromatic carbocycles. The number of carbonyl (C=O) groups is 1. The highest BCUT2D eigenvalue weighted by atomic mass is 16.6. The van der Waals surface area contributed by atoms with Gasteiger partial charge in [-0.15, -0.1) is 0 Å². The van der Waals surface area contributed by atoms with Crippen LogP contribution in [0.3, 0.4) is 0 Å². The molecule has 2 spiro atoms. The standard InChI is InChI=1S/C21H30O4/c1-11-13-9-20(24)17-19(10-25-20)7-5-6-18(3,4)14(19)8-15(22)21(17,12(13)2)16(11)23/h12-15,17,22,24H,1,5-10H2,2-4H3/t12-,13+,14-,15-,17-,19+,20-,21-/m1/s1. The maximum absolute atomic E-state index is 13.4. The number of aliphatic hydroxyl groups is 2. The van der Waals surface area contributed by atoms with E-state index in [4.69, 9.17) is 4.74 Å². The molecule has 0 amide bonds. The Labute approximate surface area is 149 Å². The number of Topliss-reactive ketones (excluding diaryl/α,β-unsaturated/α-hetero) is 1. The second kappa shape index (κ2) is 4.40. The fraction of sp³-hybridized carbons (Fsp3) is 0.857. The summed E-state index contributed by atoms with van der Waals surface area (Å²) < 4.78 is 6.13. The third kappa shape index (κ3) is 1.52. The number of fused-ring (bicyclic) bond motifs is 1. The van der Waals surface area contributed by atoms with Crippen LogP contribution in [0.25, 0.3) is 0 Å². The number of ketones is 1. The van der Waals surface area contributed by atoms with Crippen LogP contribution in [0.1, 0.15) is 52.9 Å². The highest BCUT2D eigenvalue weighted by molar-refractivity contribution is 6.04. The number of hydrogen-bond acceptors (Lipinski definition) is 4. The molecule has 0 aromatic rings. The highest BCUT2D eigenvalue weighted by Gasteiger charge is 2.81. The van der Waals surface area contributed by atoms with Crippen molar-refractivity contribution >= 4 is 5.78 Å². The lowest BCUT2D eigenvalue weighted by atomic mass is 9.38. The first kappa shape index (κ1) is 16.5. The molecule has 4 nitrogen and oxygen atoms in total. The molecule has 2 bridgehead atoms. The molecule has 1 heterocycles. The summed E-state index contributed by atoms with van der Waals surface area (Å²) in [5.41, 5.74) is -0.417. The van der Waals surface area contributed by atoms with Crippen molar-refractivity contribution in [3.8, 4) is 0 Å². The molecule has 0 aromatic heterocycles. The van der Waals surface area contributed by atoms with Gasteiger partial charge in [0.15, 0.2) is 11.6 Å². The summed E-state index contributed by atoms with van der Waals surface area (Å²) in [6.07, 6.45) is 3.58. The first-order valence-corrected chi connectivity index (χ1v) is 9.89. The molecule has 25 heavy (non-hydrogen) atoms. The van der Waals surface area contributed by atoms with E-state index in [0.29, 0.717) is 25.0 Å². The summed E-state index contributed by atoms with van der Waals surface area (Å²) in [6, 6.07) is 0. The number of hydrogen-bond donors (Lipinski definition) is 2. The van der Waals surface area contributed by atoms with E-state index in [9.17, 15) is 15.0 Å². The smallest absolute Gasteiger partial charge is 0.170 e. The summed E-state index contributed by atoms with van der Waals surface area (Å²) in [7, 11) is 0. The van der Waals surface area contributed by atoms with E-state index in [1.165, 1.54) is 0 Å². The SMILES string of the molecule is C=C1C(=O)[C@]23[C@H](O)C[C@@H]4C(C)(C)CCC[C@]45CO[C@](O)(C[C@@H]1[C@H]2C)[C@@H]53. The molecule has 4 heteroatoms. The van der Waals surface area contributed by atoms with Gasteiger partial charge in [0.25, 0.3) is 0 Å². The van der Waals surface area contributed by atoms with E-state index in [-0.39, 0.29) is 40.3 Å². The Morgan fingerprint density at radius 1 is 1.28 bits per heavy atom. The molecule has 138 valence electrons. The van der Waals surface area contributed by atoms with Gasteiger partial charge in [-0.25, -0.2) is 0 Å². The van der Waals surface area contributed by atoms with Crippen LogP contribution >= 0.6 is 0 Å². The van der Waals surface area contributed by atoms with Gasteiger partial charge in [0.2, 0.25) is 0 Å². The average Bonchev–Trinajstić information content (AvgIpc) is 2.89. The molecule has 1 saturated heterocycles. The minimum atomic E-state index is -1.29. The zero-order chi connectivity index (χ0) is 18.0. The van der Waals surface area contributed by atoms with Gasteiger partial charge in [0, 0.05) is 17.8 Å². The van der Waals surface area contributed by atoms with Crippen molar-refractivity contribution in [1.82, 2.24) is 0 Å². The van der Waals surface area contributed by atoms with Crippen LogP contribution in [0.4, 0.5) is 0 Å². The first-order valence-electron chi connectivity index (χ1n) is 9.89. The molecule has 5 fully saturated rings. The number of carbonyl (C=O) groups excluding carboxylic acids is 1. The topological polar surface area (TPSA) is 66.8 Å². The Kier molecular flexibility index (Phi) is 2.90. The van der Waals surface area contributed by atoms with E-state index in [1.807, 2.05) is 0 Å². The average molecular weight is 346 g/mol. The number of allylic oxidation sites excluding steroid dienone is 1. The van der Waals surface area contributed by atoms with Gasteiger partial charge in [0.05, 0.1) is 18.1 Å². The van der Waals surface area contributed by atoms with E-state index in [1.54, 1.807) is 0 Å². The molecule has 1 aliphatic heterocycles. The number of aliphatic hydroxyl groups excluding tert-OH is 1. The lowest BCUT2D eigenvalue weighted by Crippen LogP contribution is -2.69. The van der Waals surface area contributed by atoms with Crippen molar-refractivity contribution in [2.75, 3.05) is 6.61 Å². The van der Waals surface area contributed by atoms with Crippen LogP contribution < -0.4 is 0 Å². The van der Waals surface area contributed by atoms with Gasteiger partial charge < -0.3 is 14.9 Å². The van der Waals surface area contributed by atoms with Crippen LogP contribution in [-0.4, -0.2) is 34.5 Å². The van der Waals surface area contributed by atoms with E-state index in [2.05, 4.69) is 27.4 Å². The molecular weight excluding hydrogens is 316 g/mol. The molecule has 2 N–H and O–H groups in total. The summed E-state index contributed by atoms with van der Waals surface area (Å²) in [5, 5.41) is 22.9. The van der Waals surface area contributed by atoms with Gasteiger partial charge in [-0.2, -0.15) is 0 Å². The fourth-order valence-corrected chi connectivity index (χ4v) is 8.34. The lowest BCUT2D eigenvalue weighted by Gasteiger charge is -2.65. The van der Waals surface area contributed by atoms with E-state index < -0.39 is 17.3 Å². The first-order chi connectivity index (χ1) is 11.6. The molecule has 4 aliphatic carbocycles. The Balaban J connectivity index is 1.77. The van der Waals surface area contributed by atoms with Crippen molar-refractivity contribution in [2.45, 2.75) is 64.8 Å². The molecule has 4 saturated carbocycles. The van der Waals surface area contributed by atoms with Gasteiger partial charge in [0.1, 0.15) is 0 Å². The monoisotopic (exact) mass is 346 g/mol. The van der Waals surface area contributed by atoms with Crippen molar-refractivity contribution < 1.29 is 19.7 Å². The minimum Gasteiger partial charge on any atom is -0.392 e. The highest BCUT2D eigenvalue weighted by Crippen LogP contribution is 2.77. The lowest BCUT2D eigenvalue weighted by molar-refractivity contribution is -0.282. The van der Waals surface area contributed by atoms with Gasteiger partial charge in [-0.1, -0.05) is 33.8 Å². The molecule has 0 unspecified atom stereocenters. The second-order valence-electron chi connectivity index (χ2n) is 10.3. The van der Waals surface area contributed by atoms with Crippen molar-refractivity contribution in [2.24, 2.45) is 39.9 Å². The van der Waals surface area contributed by atoms with Crippen molar-refractivity contribution in [3.05, 3.63) is 12.2 Å². The third-order valence-corrected chi connectivity index (χ3v) is 9.21. The largest absolute Gasteiger partial charge is 0.392 e. The van der Waals surface area contributed by atoms with Gasteiger partial charge in [-0.05, 0) is 48.0 Å². The predicted octanol–water partition coefficient (Wildman–Crippen LogP) is 2.68. The fourth-order valence-electron chi connectivity index (χ4n) is 8.34. The molecule has 5 rings (SSSR count). The summed E-state index contributed by atoms with van der Waals surface area (Å²) in [4.78, 5) is 13.4. The molecular formula is C21H30O4. The predicted molar refractivity (Wildman–Crippen MR) is 92.4 cm³/mol. The number of ether oxygens (including phenoxy) is 1. The molecule has 0 radical (unpaired) electrons. The summed E-state index contributed by atoms with van der Waals surface area (Å²) in [6.45, 7) is 11.2. The maximum atomic E-state index is 13.4. The molecule has 5 aliphatic rings. The Bertz CT molecular complexity index is 683. The third-order valence-electron chi connectivity index (χ3n) is 9.21. The van der Waals surface area contributed by atoms with Crippen LogP contribution in [0.5, 0.6) is 0 Å². The van der Waals surface area contributed by atoms with Crippen LogP contribution in [0, 0.1) is 39.9 Å². The van der Waals surface area contributed by atoms with E-state index >= 15 is 0 Å². The quantitative estimate of drug-likeness (QED) is 0.662. The van der Waals surface area contributed by atoms with Gasteiger partial charge in [-0.3, -0.25) is 4.79 Å².